The number of nitrogens with zero attached hydrogens (tertiary/aromatic N) is 3. The molecule has 0 amide bonds. The molecule has 5 fully saturated rings. The SMILES string of the molecule is CCC/C(=C\c1ccc(N(c2ccc(C=C3CCCCC3)cc2)c2ccc3c(c2)-c2ccc(N(c4ccc(C=C5CCCCC5)cc4)c4ccc(C=C5CCCCC5)cc4)cc2-c2ccc(N(c4ccc(C=C5CCCCC5)cc4)c4ccc(C=C5CCCCC5)cc4)cc2-c2ccccc2-3)cc1)CC. The van der Waals surface area contributed by atoms with Gasteiger partial charge in [-0.25, -0.2) is 0 Å². The molecule has 16 rings (SSSR count). The summed E-state index contributed by atoms with van der Waals surface area (Å²) in [4.78, 5) is 7.51. The van der Waals surface area contributed by atoms with Crippen molar-refractivity contribution >= 4 is 87.6 Å². The third kappa shape index (κ3) is 16.3. The Morgan fingerprint density at radius 3 is 0.705 bits per heavy atom. The lowest BCUT2D eigenvalue weighted by Gasteiger charge is -2.31. The zero-order valence-corrected chi connectivity index (χ0v) is 62.5. The molecule has 3 nitrogen and oxygen atoms in total. The van der Waals surface area contributed by atoms with Crippen LogP contribution < -0.4 is 14.7 Å². The van der Waals surface area contributed by atoms with Gasteiger partial charge in [-0.05, 0) is 328 Å². The summed E-state index contributed by atoms with van der Waals surface area (Å²) < 4.78 is 0. The van der Waals surface area contributed by atoms with E-state index in [1.165, 1.54) is 244 Å². The third-order valence-corrected chi connectivity index (χ3v) is 23.5. The van der Waals surface area contributed by atoms with Crippen LogP contribution in [-0.4, -0.2) is 0 Å². The smallest absolute Gasteiger partial charge is 0.0468 e. The molecule has 0 bridgehead atoms. The Morgan fingerprint density at radius 2 is 0.457 bits per heavy atom. The van der Waals surface area contributed by atoms with E-state index in [0.29, 0.717) is 0 Å². The molecule has 0 atom stereocenters. The summed E-state index contributed by atoms with van der Waals surface area (Å²) in [5.74, 6) is 0. The lowest BCUT2D eigenvalue weighted by Crippen LogP contribution is -2.12. The average molecular weight is 1370 g/mol. The maximum Gasteiger partial charge on any atom is 0.0468 e. The summed E-state index contributed by atoms with van der Waals surface area (Å²) in [5.41, 5.74) is 36.8. The number of hydrogen-bond donors (Lipinski definition) is 0. The van der Waals surface area contributed by atoms with Crippen LogP contribution >= 0.6 is 0 Å². The van der Waals surface area contributed by atoms with Crippen LogP contribution in [0.5, 0.6) is 0 Å². The van der Waals surface area contributed by atoms with E-state index in [9.17, 15) is 0 Å². The van der Waals surface area contributed by atoms with Crippen LogP contribution in [0.3, 0.4) is 0 Å². The minimum absolute atomic E-state index is 1.06. The summed E-state index contributed by atoms with van der Waals surface area (Å²) in [6, 6.07) is 87.7. The van der Waals surface area contributed by atoms with Gasteiger partial charge in [-0.3, -0.25) is 0 Å². The van der Waals surface area contributed by atoms with Gasteiger partial charge in [0.2, 0.25) is 0 Å². The van der Waals surface area contributed by atoms with Crippen molar-refractivity contribution in [3.8, 4) is 44.5 Å². The zero-order chi connectivity index (χ0) is 70.7. The van der Waals surface area contributed by atoms with Crippen molar-refractivity contribution in [1.82, 2.24) is 0 Å². The fraction of sp³-hybridized carbons (Fsp3) is 0.294. The second kappa shape index (κ2) is 33.0. The summed E-state index contributed by atoms with van der Waals surface area (Å²) >= 11 is 0. The molecule has 5 saturated carbocycles. The zero-order valence-electron chi connectivity index (χ0n) is 62.5. The predicted molar refractivity (Wildman–Crippen MR) is 454 cm³/mol. The number of fused-ring (bicyclic) bond motifs is 8. The molecule has 0 aromatic heterocycles. The van der Waals surface area contributed by atoms with Crippen molar-refractivity contribution in [2.75, 3.05) is 14.7 Å². The van der Waals surface area contributed by atoms with Gasteiger partial charge in [0.25, 0.3) is 0 Å². The van der Waals surface area contributed by atoms with Gasteiger partial charge in [0.15, 0.2) is 0 Å². The Hall–Kier alpha value is -9.96. The molecular weight excluding hydrogens is 1270 g/mol. The van der Waals surface area contributed by atoms with Gasteiger partial charge in [0.1, 0.15) is 0 Å². The number of hydrogen-bond acceptors (Lipinski definition) is 3. The van der Waals surface area contributed by atoms with E-state index in [1.54, 1.807) is 27.9 Å². The molecule has 10 aromatic carbocycles. The van der Waals surface area contributed by atoms with Gasteiger partial charge in [0.05, 0.1) is 0 Å². The van der Waals surface area contributed by atoms with E-state index >= 15 is 0 Å². The standard InChI is InChI=1S/C102H105N3/c1-3-22-74(4-2)65-80-35-47-86(48-36-80)103(87-49-37-81(38-50-87)66-75-23-10-5-11-24-75)92-59-62-97-95-33-20-21-34-96(95)100-71-93(104(88-51-39-82(40-52-88)67-76-25-12-6-13-26-76)89-53-41-83(42-54-89)68-77-27-14-7-15-28-77)60-63-98(100)102-73-94(61-64-99(102)101(97)72-92)105(90-55-43-84(44-56-90)69-78-29-16-8-17-30-78)91-57-45-85(46-58-91)70-79-31-18-9-19-32-79/h20-21,33-73H,3-19,22-32H2,1-2H3/b74-65-,97-95?,100-96?,101-99?,102-98?. The number of benzene rings is 10. The molecule has 6 aliphatic carbocycles. The summed E-state index contributed by atoms with van der Waals surface area (Å²) in [6.07, 6.45) is 49.7. The van der Waals surface area contributed by atoms with E-state index in [4.69, 9.17) is 0 Å². The highest BCUT2D eigenvalue weighted by atomic mass is 15.2. The lowest BCUT2D eigenvalue weighted by atomic mass is 9.80. The van der Waals surface area contributed by atoms with Crippen molar-refractivity contribution in [3.63, 3.8) is 0 Å². The number of allylic oxidation sites excluding steroid dienone is 6. The third-order valence-electron chi connectivity index (χ3n) is 23.5. The Kier molecular flexibility index (Phi) is 21.8. The molecule has 0 aliphatic heterocycles. The average Bonchev–Trinajstić information content (AvgIpc) is 0.731. The number of anilines is 9. The highest BCUT2D eigenvalue weighted by Gasteiger charge is 2.28. The van der Waals surface area contributed by atoms with Crippen LogP contribution in [0.4, 0.5) is 51.2 Å². The molecule has 3 heteroatoms. The molecule has 0 heterocycles. The van der Waals surface area contributed by atoms with Gasteiger partial charge in [0, 0.05) is 51.2 Å². The molecule has 105 heavy (non-hydrogen) atoms. The molecule has 528 valence electrons. The molecule has 0 unspecified atom stereocenters. The quantitative estimate of drug-likeness (QED) is 0.0848. The van der Waals surface area contributed by atoms with E-state index in [-0.39, 0.29) is 0 Å². The van der Waals surface area contributed by atoms with Crippen molar-refractivity contribution in [2.24, 2.45) is 0 Å². The highest BCUT2D eigenvalue weighted by Crippen LogP contribution is 2.53. The van der Waals surface area contributed by atoms with Crippen LogP contribution in [0.2, 0.25) is 0 Å². The molecule has 0 N–H and O–H groups in total. The topological polar surface area (TPSA) is 9.72 Å². The van der Waals surface area contributed by atoms with Gasteiger partial charge < -0.3 is 14.7 Å². The van der Waals surface area contributed by atoms with E-state index in [2.05, 4.69) is 289 Å². The first-order valence-corrected chi connectivity index (χ1v) is 40.6. The van der Waals surface area contributed by atoms with Crippen LogP contribution in [-0.2, 0) is 0 Å². The monoisotopic (exact) mass is 1370 g/mol. The molecule has 0 spiro atoms. The van der Waals surface area contributed by atoms with Gasteiger partial charge in [-0.15, -0.1) is 0 Å². The largest absolute Gasteiger partial charge is 0.310 e. The summed E-state index contributed by atoms with van der Waals surface area (Å²) in [5, 5.41) is 0. The fourth-order valence-electron chi connectivity index (χ4n) is 17.8. The molecule has 6 aliphatic rings. The van der Waals surface area contributed by atoms with Crippen molar-refractivity contribution in [3.05, 3.63) is 291 Å². The number of rotatable bonds is 18. The minimum atomic E-state index is 1.06. The van der Waals surface area contributed by atoms with Gasteiger partial charge in [-0.1, -0.05) is 238 Å². The first-order chi connectivity index (χ1) is 51.9. The second-order valence-electron chi connectivity index (χ2n) is 31.0. The van der Waals surface area contributed by atoms with Crippen LogP contribution in [0.15, 0.2) is 258 Å². The molecular formula is C102H105N3. The van der Waals surface area contributed by atoms with Crippen molar-refractivity contribution < 1.29 is 0 Å². The Balaban J connectivity index is 0.885. The Bertz CT molecular complexity index is 4490. The predicted octanol–water partition coefficient (Wildman–Crippen LogP) is 31.4. The second-order valence-corrected chi connectivity index (χ2v) is 31.0. The first-order valence-electron chi connectivity index (χ1n) is 40.6. The van der Waals surface area contributed by atoms with Crippen LogP contribution in [0.25, 0.3) is 81.0 Å². The summed E-state index contributed by atoms with van der Waals surface area (Å²) in [7, 11) is 0. The fourth-order valence-corrected chi connectivity index (χ4v) is 17.8. The molecule has 0 radical (unpaired) electrons. The normalized spacial score (nSPS) is 16.0. The van der Waals surface area contributed by atoms with E-state index in [0.717, 1.165) is 70.4 Å². The molecule has 0 saturated heterocycles. The van der Waals surface area contributed by atoms with Gasteiger partial charge >= 0.3 is 0 Å². The van der Waals surface area contributed by atoms with E-state index in [1.807, 2.05) is 0 Å². The van der Waals surface area contributed by atoms with Crippen LogP contribution in [0.1, 0.15) is 227 Å². The van der Waals surface area contributed by atoms with Crippen molar-refractivity contribution in [1.29, 1.82) is 0 Å². The Labute approximate surface area is 627 Å². The van der Waals surface area contributed by atoms with Crippen molar-refractivity contribution in [2.45, 2.75) is 194 Å². The first kappa shape index (κ1) is 69.4. The summed E-state index contributed by atoms with van der Waals surface area (Å²) in [6.45, 7) is 4.58. The van der Waals surface area contributed by atoms with Crippen LogP contribution in [0, 0.1) is 0 Å². The molecule has 10 aromatic rings. The van der Waals surface area contributed by atoms with E-state index < -0.39 is 0 Å². The minimum Gasteiger partial charge on any atom is -0.310 e. The maximum atomic E-state index is 2.53. The van der Waals surface area contributed by atoms with Gasteiger partial charge in [-0.2, -0.15) is 0 Å². The maximum absolute atomic E-state index is 2.53. The lowest BCUT2D eigenvalue weighted by molar-refractivity contribution is 0.602. The highest BCUT2D eigenvalue weighted by molar-refractivity contribution is 6.06. The Morgan fingerprint density at radius 1 is 0.238 bits per heavy atom.